The number of nitrogens with zero attached hydrogens (tertiary/aromatic N) is 1. The van der Waals surface area contributed by atoms with Crippen molar-refractivity contribution in [2.24, 2.45) is 47.3 Å². The van der Waals surface area contributed by atoms with E-state index >= 15 is 0 Å². The van der Waals surface area contributed by atoms with Crippen LogP contribution in [0.4, 0.5) is 0 Å². The Kier molecular flexibility index (Phi) is 1.80. The van der Waals surface area contributed by atoms with Gasteiger partial charge in [0.2, 0.25) is 0 Å². The molecule has 0 radical (unpaired) electrons. The lowest BCUT2D eigenvalue weighted by Gasteiger charge is -2.50. The average Bonchev–Trinajstić information content (AvgIpc) is 2.98. The van der Waals surface area contributed by atoms with E-state index in [0.717, 1.165) is 48.1 Å². The summed E-state index contributed by atoms with van der Waals surface area (Å²) >= 11 is 0. The first-order chi connectivity index (χ1) is 9.84. The van der Waals surface area contributed by atoms with Gasteiger partial charge in [-0.05, 0) is 72.8 Å². The van der Waals surface area contributed by atoms with Crippen molar-refractivity contribution in [3.8, 4) is 0 Å². The maximum Gasteiger partial charge on any atom is 0.0233 e. The molecular formula is C19H23N. The molecule has 20 heavy (non-hydrogen) atoms. The summed E-state index contributed by atoms with van der Waals surface area (Å²) in [5.41, 5.74) is 1.49. The molecule has 0 aliphatic heterocycles. The second-order valence-corrected chi connectivity index (χ2v) is 8.33. The fraction of sp³-hybridized carbons (Fsp3) is 0.684. The van der Waals surface area contributed by atoms with Crippen LogP contribution in [-0.2, 0) is 6.54 Å². The van der Waals surface area contributed by atoms with Gasteiger partial charge >= 0.3 is 0 Å². The van der Waals surface area contributed by atoms with E-state index in [-0.39, 0.29) is 0 Å². The molecule has 2 bridgehead atoms. The molecule has 1 nitrogen and oxygen atoms in total. The molecule has 0 spiro atoms. The molecule has 0 amide bonds. The smallest absolute Gasteiger partial charge is 0.0233 e. The van der Waals surface area contributed by atoms with Crippen LogP contribution in [0.3, 0.4) is 0 Å². The van der Waals surface area contributed by atoms with Crippen LogP contribution in [-0.4, -0.2) is 18.0 Å². The molecule has 0 saturated heterocycles. The fourth-order valence-corrected chi connectivity index (χ4v) is 7.99. The zero-order valence-corrected chi connectivity index (χ0v) is 12.2. The van der Waals surface area contributed by atoms with Gasteiger partial charge in [0.1, 0.15) is 0 Å². The van der Waals surface area contributed by atoms with Crippen LogP contribution < -0.4 is 0 Å². The Hall–Kier alpha value is -0.820. The van der Waals surface area contributed by atoms with Gasteiger partial charge in [0.05, 0.1) is 0 Å². The van der Waals surface area contributed by atoms with Gasteiger partial charge in [0.25, 0.3) is 0 Å². The van der Waals surface area contributed by atoms with Crippen LogP contribution >= 0.6 is 0 Å². The van der Waals surface area contributed by atoms with E-state index in [1.54, 1.807) is 12.8 Å². The summed E-state index contributed by atoms with van der Waals surface area (Å²) in [4.78, 5) is 2.74. The minimum atomic E-state index is 0.928. The lowest BCUT2D eigenvalue weighted by atomic mass is 9.58. The van der Waals surface area contributed by atoms with E-state index in [2.05, 4.69) is 42.3 Å². The van der Waals surface area contributed by atoms with Gasteiger partial charge in [-0.1, -0.05) is 30.3 Å². The van der Waals surface area contributed by atoms with Crippen molar-refractivity contribution in [2.45, 2.75) is 25.4 Å². The Morgan fingerprint density at radius 3 is 2.35 bits per heavy atom. The molecular weight excluding hydrogens is 242 g/mol. The predicted octanol–water partition coefficient (Wildman–Crippen LogP) is 3.26. The molecule has 1 heteroatoms. The first-order valence-corrected chi connectivity index (χ1v) is 8.59. The minimum Gasteiger partial charge on any atom is -0.299 e. The zero-order chi connectivity index (χ0) is 13.0. The number of hydrogen-bond acceptors (Lipinski definition) is 1. The maximum absolute atomic E-state index is 2.74. The van der Waals surface area contributed by atoms with Crippen LogP contribution in [0.5, 0.6) is 0 Å². The van der Waals surface area contributed by atoms with Crippen LogP contribution in [0.25, 0.3) is 0 Å². The molecule has 0 heterocycles. The number of benzene rings is 1. The summed E-state index contributed by atoms with van der Waals surface area (Å²) in [6.45, 7) is 1.16. The van der Waals surface area contributed by atoms with Crippen molar-refractivity contribution in [1.82, 2.24) is 4.90 Å². The average molecular weight is 265 g/mol. The predicted molar refractivity (Wildman–Crippen MR) is 78.9 cm³/mol. The molecule has 0 aromatic heterocycles. The second kappa shape index (κ2) is 3.32. The number of rotatable bonds is 3. The van der Waals surface area contributed by atoms with Crippen LogP contribution in [0.1, 0.15) is 18.4 Å². The van der Waals surface area contributed by atoms with Crippen LogP contribution in [0, 0.1) is 47.3 Å². The fourth-order valence-electron chi connectivity index (χ4n) is 7.99. The molecule has 5 aliphatic rings. The SMILES string of the molecule is CN(Cc1ccccc1)[C@H]1C2C3CC4C5C3CC2C5C41. The molecule has 1 aromatic carbocycles. The van der Waals surface area contributed by atoms with Crippen molar-refractivity contribution in [3.05, 3.63) is 35.9 Å². The van der Waals surface area contributed by atoms with Crippen molar-refractivity contribution in [1.29, 1.82) is 0 Å². The van der Waals surface area contributed by atoms with Crippen LogP contribution in [0.15, 0.2) is 30.3 Å². The third-order valence-corrected chi connectivity index (χ3v) is 8.07. The minimum absolute atomic E-state index is 0.928. The Morgan fingerprint density at radius 2 is 1.55 bits per heavy atom. The molecule has 8 unspecified atom stereocenters. The highest BCUT2D eigenvalue weighted by Crippen LogP contribution is 2.83. The lowest BCUT2D eigenvalue weighted by Crippen LogP contribution is -2.51. The van der Waals surface area contributed by atoms with Crippen molar-refractivity contribution in [2.75, 3.05) is 7.05 Å². The summed E-state index contributed by atoms with van der Waals surface area (Å²) in [6, 6.07) is 12.0. The monoisotopic (exact) mass is 265 g/mol. The highest BCUT2D eigenvalue weighted by atomic mass is 15.2. The summed E-state index contributed by atoms with van der Waals surface area (Å²) < 4.78 is 0. The summed E-state index contributed by atoms with van der Waals surface area (Å²) in [5, 5.41) is 0. The first-order valence-electron chi connectivity index (χ1n) is 8.59. The molecule has 1 aromatic rings. The Morgan fingerprint density at radius 1 is 0.850 bits per heavy atom. The van der Waals surface area contributed by atoms with E-state index in [1.165, 1.54) is 17.4 Å². The van der Waals surface area contributed by atoms with E-state index in [4.69, 9.17) is 0 Å². The van der Waals surface area contributed by atoms with Crippen LogP contribution in [0.2, 0.25) is 0 Å². The molecule has 5 saturated carbocycles. The van der Waals surface area contributed by atoms with Gasteiger partial charge in [0.15, 0.2) is 0 Å². The maximum atomic E-state index is 2.74. The third kappa shape index (κ3) is 0.997. The molecule has 0 N–H and O–H groups in total. The van der Waals surface area contributed by atoms with Crippen molar-refractivity contribution >= 4 is 0 Å². The standard InChI is InChI=1S/C19H23N/c1-20(9-10-5-3-2-4-6-10)19-16-12-8-13-15-11(12)7-14(16)17(15)18(13)19/h2-6,11-19H,7-9H2,1H3/t11?,12?,13?,14?,15?,16?,17?,18?,19-/m0/s1. The normalized spacial score (nSPS) is 56.0. The largest absolute Gasteiger partial charge is 0.299 e. The van der Waals surface area contributed by atoms with Gasteiger partial charge in [-0.2, -0.15) is 0 Å². The quantitative estimate of drug-likeness (QED) is 0.811. The van der Waals surface area contributed by atoms with Gasteiger partial charge in [0, 0.05) is 12.6 Å². The first kappa shape index (κ1) is 10.8. The molecule has 5 fully saturated rings. The highest BCUT2D eigenvalue weighted by molar-refractivity contribution is 5.29. The second-order valence-electron chi connectivity index (χ2n) is 8.33. The third-order valence-electron chi connectivity index (χ3n) is 8.07. The van der Waals surface area contributed by atoms with Crippen molar-refractivity contribution in [3.63, 3.8) is 0 Å². The topological polar surface area (TPSA) is 3.24 Å². The Bertz CT molecular complexity index is 560. The lowest BCUT2D eigenvalue weighted by molar-refractivity contribution is -0.0220. The van der Waals surface area contributed by atoms with E-state index in [9.17, 15) is 0 Å². The number of hydrogen-bond donors (Lipinski definition) is 0. The molecule has 9 atom stereocenters. The van der Waals surface area contributed by atoms with Gasteiger partial charge < -0.3 is 0 Å². The van der Waals surface area contributed by atoms with Gasteiger partial charge in [-0.3, -0.25) is 4.90 Å². The van der Waals surface area contributed by atoms with E-state index in [0.29, 0.717) is 0 Å². The van der Waals surface area contributed by atoms with E-state index in [1.807, 2.05) is 0 Å². The van der Waals surface area contributed by atoms with Crippen molar-refractivity contribution < 1.29 is 0 Å². The summed E-state index contributed by atoms with van der Waals surface area (Å²) in [6.07, 6.45) is 3.24. The molecule has 104 valence electrons. The van der Waals surface area contributed by atoms with Gasteiger partial charge in [-0.25, -0.2) is 0 Å². The Balaban J connectivity index is 1.33. The molecule has 6 rings (SSSR count). The highest BCUT2D eigenvalue weighted by Gasteiger charge is 2.80. The summed E-state index contributed by atoms with van der Waals surface area (Å²) in [5.74, 6) is 9.12. The Labute approximate surface area is 121 Å². The van der Waals surface area contributed by atoms with E-state index < -0.39 is 0 Å². The van der Waals surface area contributed by atoms with Gasteiger partial charge in [-0.15, -0.1) is 0 Å². The number of fused-ring (bicyclic) bond motifs is 2. The molecule has 5 aliphatic carbocycles. The summed E-state index contributed by atoms with van der Waals surface area (Å²) in [7, 11) is 2.41. The zero-order valence-electron chi connectivity index (χ0n) is 12.2.